The van der Waals surface area contributed by atoms with Gasteiger partial charge in [-0.25, -0.2) is 4.79 Å². The van der Waals surface area contributed by atoms with Gasteiger partial charge in [0.25, 0.3) is 0 Å². The molecule has 0 bridgehead atoms. The topological polar surface area (TPSA) is 81.4 Å². The largest absolute Gasteiger partial charge is 0.471 e. The van der Waals surface area contributed by atoms with Crippen LogP contribution in [0.5, 0.6) is 0 Å². The van der Waals surface area contributed by atoms with Crippen LogP contribution in [-0.4, -0.2) is 23.6 Å². The predicted octanol–water partition coefficient (Wildman–Crippen LogP) is 1.45. The summed E-state index contributed by atoms with van der Waals surface area (Å²) in [6.45, 7) is 2.93. The van der Waals surface area contributed by atoms with Crippen molar-refractivity contribution in [2.75, 3.05) is 0 Å². The number of amides is 1. The maximum absolute atomic E-state index is 12.1. The van der Waals surface area contributed by atoms with Crippen LogP contribution < -0.4 is 11.2 Å². The van der Waals surface area contributed by atoms with Crippen molar-refractivity contribution < 1.29 is 27.6 Å². The molecule has 0 aromatic carbocycles. The Morgan fingerprint density at radius 1 is 1.33 bits per heavy atom. The highest BCUT2D eigenvalue weighted by molar-refractivity contribution is 5.90. The van der Waals surface area contributed by atoms with Crippen molar-refractivity contribution >= 4 is 24.3 Å². The summed E-state index contributed by atoms with van der Waals surface area (Å²) in [5, 5.41) is 1.60. The molecule has 0 aromatic heterocycles. The molecule has 108 valence electrons. The van der Waals surface area contributed by atoms with Crippen molar-refractivity contribution in [3.8, 4) is 0 Å². The van der Waals surface area contributed by atoms with Gasteiger partial charge in [-0.05, 0) is 13.3 Å². The first-order valence-corrected chi connectivity index (χ1v) is 4.98. The molecule has 0 heterocycles. The van der Waals surface area contributed by atoms with E-state index in [4.69, 9.17) is 0 Å². The number of alkyl halides is 3. The lowest BCUT2D eigenvalue weighted by Gasteiger charge is -2.27. The zero-order valence-electron chi connectivity index (χ0n) is 9.97. The summed E-state index contributed by atoms with van der Waals surface area (Å²) in [5.41, 5.74) is -1.77. The molecule has 0 unspecified atom stereocenters. The van der Waals surface area contributed by atoms with Gasteiger partial charge in [0.15, 0.2) is 0 Å². The molecule has 0 saturated carbocycles. The number of nitrogens with two attached hydrogens (primary N) is 1. The third-order valence-corrected chi connectivity index (χ3v) is 2.23. The fraction of sp³-hybridized carbons (Fsp3) is 0.778. The smallest absolute Gasteiger partial charge is 0.372 e. The second-order valence-corrected chi connectivity index (χ2v) is 3.79. The van der Waals surface area contributed by atoms with Gasteiger partial charge in [-0.15, -0.1) is 12.4 Å². The lowest BCUT2D eigenvalue weighted by Crippen LogP contribution is -2.56. The molecule has 1 amide bonds. The first-order chi connectivity index (χ1) is 7.67. The van der Waals surface area contributed by atoms with Crippen molar-refractivity contribution in [1.29, 1.82) is 0 Å². The second-order valence-electron chi connectivity index (χ2n) is 3.79. The first-order valence-electron chi connectivity index (χ1n) is 4.98. The van der Waals surface area contributed by atoms with Crippen molar-refractivity contribution in [2.24, 2.45) is 5.90 Å². The van der Waals surface area contributed by atoms with Crippen LogP contribution in [0.1, 0.15) is 33.1 Å². The molecule has 0 aliphatic heterocycles. The summed E-state index contributed by atoms with van der Waals surface area (Å²) >= 11 is 0. The van der Waals surface area contributed by atoms with Crippen molar-refractivity contribution in [1.82, 2.24) is 5.32 Å². The number of hydrogen-bond donors (Lipinski definition) is 2. The maximum atomic E-state index is 12.1. The lowest BCUT2D eigenvalue weighted by atomic mass is 9.95. The van der Waals surface area contributed by atoms with E-state index < -0.39 is 23.6 Å². The Balaban J connectivity index is 0. The van der Waals surface area contributed by atoms with E-state index >= 15 is 0 Å². The van der Waals surface area contributed by atoms with Gasteiger partial charge >= 0.3 is 18.1 Å². The highest BCUT2D eigenvalue weighted by Gasteiger charge is 2.45. The minimum atomic E-state index is -5.05. The number of carbonyl (C=O) groups is 2. The summed E-state index contributed by atoms with van der Waals surface area (Å²) in [6, 6.07) is 0. The average Bonchev–Trinajstić information content (AvgIpc) is 2.23. The van der Waals surface area contributed by atoms with Gasteiger partial charge in [0, 0.05) is 0 Å². The van der Waals surface area contributed by atoms with Crippen molar-refractivity contribution in [3.63, 3.8) is 0 Å². The number of hydrogen-bond acceptors (Lipinski definition) is 4. The molecule has 0 aromatic rings. The van der Waals surface area contributed by atoms with Crippen LogP contribution in [0, 0.1) is 0 Å². The van der Waals surface area contributed by atoms with E-state index in [0.717, 1.165) is 6.92 Å². The molecule has 5 nitrogen and oxygen atoms in total. The van der Waals surface area contributed by atoms with Crippen molar-refractivity contribution in [3.05, 3.63) is 0 Å². The Labute approximate surface area is 109 Å². The van der Waals surface area contributed by atoms with Crippen LogP contribution in [0.2, 0.25) is 0 Å². The van der Waals surface area contributed by atoms with Crippen LogP contribution in [-0.2, 0) is 14.4 Å². The number of carbonyl (C=O) groups excluding carboxylic acids is 2. The second kappa shape index (κ2) is 7.42. The van der Waals surface area contributed by atoms with Gasteiger partial charge in [-0.1, -0.05) is 19.8 Å². The molecule has 0 radical (unpaired) electrons. The molecule has 0 fully saturated rings. The number of rotatable bonds is 5. The molecule has 3 N–H and O–H groups in total. The molecule has 0 rings (SSSR count). The maximum Gasteiger partial charge on any atom is 0.471 e. The van der Waals surface area contributed by atoms with Crippen LogP contribution in [0.4, 0.5) is 13.2 Å². The Morgan fingerprint density at radius 2 is 1.83 bits per heavy atom. The van der Waals surface area contributed by atoms with E-state index in [1.54, 1.807) is 12.2 Å². The molecule has 9 heteroatoms. The normalized spacial score (nSPS) is 14.1. The minimum Gasteiger partial charge on any atom is -0.372 e. The summed E-state index contributed by atoms with van der Waals surface area (Å²) in [5.74, 6) is 1.33. The van der Waals surface area contributed by atoms with Gasteiger partial charge in [0.1, 0.15) is 5.54 Å². The third-order valence-electron chi connectivity index (χ3n) is 2.23. The number of nitrogens with one attached hydrogen (secondary N) is 1. The third kappa shape index (κ3) is 5.54. The molecule has 0 aliphatic rings. The fourth-order valence-corrected chi connectivity index (χ4v) is 1.20. The fourth-order valence-electron chi connectivity index (χ4n) is 1.20. The van der Waals surface area contributed by atoms with E-state index in [9.17, 15) is 22.8 Å². The van der Waals surface area contributed by atoms with E-state index in [1.165, 1.54) is 0 Å². The number of halogens is 4. The summed E-state index contributed by atoms with van der Waals surface area (Å²) in [4.78, 5) is 26.0. The molecule has 1 atom stereocenters. The number of unbranched alkanes of at least 4 members (excludes halogenated alkanes) is 1. The molecule has 0 saturated heterocycles. The van der Waals surface area contributed by atoms with Crippen molar-refractivity contribution in [2.45, 2.75) is 44.8 Å². The Morgan fingerprint density at radius 3 is 2.17 bits per heavy atom. The van der Waals surface area contributed by atoms with Crippen LogP contribution in [0.3, 0.4) is 0 Å². The Bertz CT molecular complexity index is 299. The molecular formula is C9H16ClF3N2O3. The van der Waals surface area contributed by atoms with Gasteiger partial charge in [0.2, 0.25) is 0 Å². The van der Waals surface area contributed by atoms with Gasteiger partial charge in [0.05, 0.1) is 0 Å². The van der Waals surface area contributed by atoms with E-state index in [-0.39, 0.29) is 18.8 Å². The van der Waals surface area contributed by atoms with Crippen LogP contribution in [0.25, 0.3) is 0 Å². The summed E-state index contributed by atoms with van der Waals surface area (Å²) < 4.78 is 36.2. The predicted molar refractivity (Wildman–Crippen MR) is 59.7 cm³/mol. The van der Waals surface area contributed by atoms with Gasteiger partial charge in [-0.2, -0.15) is 19.1 Å². The summed E-state index contributed by atoms with van der Waals surface area (Å²) in [6.07, 6.45) is -3.94. The van der Waals surface area contributed by atoms with E-state index in [0.29, 0.717) is 12.8 Å². The van der Waals surface area contributed by atoms with E-state index in [2.05, 4.69) is 10.7 Å². The minimum absolute atomic E-state index is 0. The molecule has 18 heavy (non-hydrogen) atoms. The zero-order chi connectivity index (χ0) is 13.7. The van der Waals surface area contributed by atoms with Gasteiger partial charge < -0.3 is 10.2 Å². The Hall–Kier alpha value is -1.02. The quantitative estimate of drug-likeness (QED) is 0.752. The average molecular weight is 293 g/mol. The lowest BCUT2D eigenvalue weighted by molar-refractivity contribution is -0.178. The van der Waals surface area contributed by atoms with Crippen LogP contribution >= 0.6 is 12.4 Å². The highest BCUT2D eigenvalue weighted by atomic mass is 35.5. The van der Waals surface area contributed by atoms with Crippen LogP contribution in [0.15, 0.2) is 0 Å². The standard InChI is InChI=1S/C9H15F3N2O3.ClH/c1-3-4-5-8(2,7(16)17-13)14-6(15)9(10,11)12;/h3-5,13H2,1-2H3,(H,14,15);1H/t8-;/m0./s1. The van der Waals surface area contributed by atoms with Gasteiger partial charge in [-0.3, -0.25) is 4.79 Å². The molecular weight excluding hydrogens is 277 g/mol. The van der Waals surface area contributed by atoms with E-state index in [1.807, 2.05) is 0 Å². The monoisotopic (exact) mass is 292 g/mol. The Kier molecular flexibility index (Phi) is 7.97. The zero-order valence-corrected chi connectivity index (χ0v) is 10.8. The SMILES string of the molecule is CCCC[C@](C)(NC(=O)C(F)(F)F)C(=O)ON.Cl. The summed E-state index contributed by atoms with van der Waals surface area (Å²) in [7, 11) is 0. The highest BCUT2D eigenvalue weighted by Crippen LogP contribution is 2.20. The molecule has 0 spiro atoms. The molecule has 0 aliphatic carbocycles. The first kappa shape index (κ1) is 19.3.